The van der Waals surface area contributed by atoms with Crippen LogP contribution in [0.1, 0.15) is 12.0 Å². The lowest BCUT2D eigenvalue weighted by atomic mass is 10.2. The molecule has 0 amide bonds. The molecule has 0 radical (unpaired) electrons. The molecule has 1 heterocycles. The van der Waals surface area contributed by atoms with Crippen molar-refractivity contribution in [3.05, 3.63) is 74.0 Å². The van der Waals surface area contributed by atoms with Crippen LogP contribution in [0, 0.1) is 6.92 Å². The summed E-state index contributed by atoms with van der Waals surface area (Å²) in [6.07, 6.45) is 0.572. The Bertz CT molecular complexity index is 990. The van der Waals surface area contributed by atoms with Crippen molar-refractivity contribution in [2.45, 2.75) is 19.9 Å². The smallest absolute Gasteiger partial charge is 0.422 e. The van der Waals surface area contributed by atoms with Crippen LogP contribution in [0.2, 0.25) is 5.02 Å². The van der Waals surface area contributed by atoms with Gasteiger partial charge in [-0.3, -0.25) is 4.57 Å². The molecule has 24 heavy (non-hydrogen) atoms. The lowest BCUT2D eigenvalue weighted by molar-refractivity contribution is 0.295. The Morgan fingerprint density at radius 2 is 1.92 bits per heavy atom. The highest BCUT2D eigenvalue weighted by atomic mass is 35.5. The first-order valence-corrected chi connectivity index (χ1v) is 7.96. The zero-order valence-electron chi connectivity index (χ0n) is 13.1. The fraction of sp³-hybridized carbons (Fsp3) is 0.222. The summed E-state index contributed by atoms with van der Waals surface area (Å²) in [6, 6.07) is 12.6. The van der Waals surface area contributed by atoms with Crippen molar-refractivity contribution < 1.29 is 9.15 Å². The Labute approximate surface area is 143 Å². The molecule has 3 aromatic rings. The van der Waals surface area contributed by atoms with Gasteiger partial charge in [-0.2, -0.15) is 0 Å². The van der Waals surface area contributed by atoms with Crippen LogP contribution in [0.5, 0.6) is 5.75 Å². The van der Waals surface area contributed by atoms with Crippen molar-refractivity contribution >= 4 is 22.5 Å². The number of hydrogen-bond donors (Lipinski definition) is 0. The van der Waals surface area contributed by atoms with Gasteiger partial charge in [0.15, 0.2) is 0 Å². The van der Waals surface area contributed by atoms with Gasteiger partial charge in [0, 0.05) is 6.54 Å². The number of nitrogens with zero attached hydrogens (tertiary/aromatic N) is 1. The van der Waals surface area contributed by atoms with Gasteiger partial charge >= 0.3 is 11.4 Å². The van der Waals surface area contributed by atoms with E-state index in [2.05, 4.69) is 0 Å². The van der Waals surface area contributed by atoms with Crippen molar-refractivity contribution in [1.82, 2.24) is 4.57 Å². The Kier molecular flexibility index (Phi) is 4.71. The third-order valence-electron chi connectivity index (χ3n) is 3.75. The SMILES string of the molecule is Cc1ccccc1OCCCn1c(=O)oc(=O)c2cccc(Cl)c21. The highest BCUT2D eigenvalue weighted by molar-refractivity contribution is 6.35. The number of fused-ring (bicyclic) bond motifs is 1. The Hall–Kier alpha value is -2.53. The Morgan fingerprint density at radius 3 is 2.71 bits per heavy atom. The monoisotopic (exact) mass is 345 g/mol. The van der Waals surface area contributed by atoms with Gasteiger partial charge in [-0.1, -0.05) is 35.9 Å². The minimum absolute atomic E-state index is 0.293. The lowest BCUT2D eigenvalue weighted by Gasteiger charge is -2.11. The zero-order chi connectivity index (χ0) is 17.1. The molecule has 1 aromatic heterocycles. The van der Waals surface area contributed by atoms with E-state index in [9.17, 15) is 9.59 Å². The first-order valence-electron chi connectivity index (χ1n) is 7.58. The van der Waals surface area contributed by atoms with Crippen LogP contribution >= 0.6 is 11.6 Å². The Morgan fingerprint density at radius 1 is 1.12 bits per heavy atom. The summed E-state index contributed by atoms with van der Waals surface area (Å²) in [7, 11) is 0. The topological polar surface area (TPSA) is 61.4 Å². The minimum Gasteiger partial charge on any atom is -0.493 e. The second-order valence-corrected chi connectivity index (χ2v) is 5.82. The molecule has 0 aliphatic carbocycles. The molecule has 0 unspecified atom stereocenters. The number of hydrogen-bond acceptors (Lipinski definition) is 4. The van der Waals surface area contributed by atoms with Gasteiger partial charge in [0.25, 0.3) is 0 Å². The predicted molar refractivity (Wildman–Crippen MR) is 93.0 cm³/mol. The summed E-state index contributed by atoms with van der Waals surface area (Å²) in [4.78, 5) is 23.8. The number of aryl methyl sites for hydroxylation is 2. The first-order chi connectivity index (χ1) is 11.6. The molecule has 0 spiro atoms. The highest BCUT2D eigenvalue weighted by Crippen LogP contribution is 2.20. The lowest BCUT2D eigenvalue weighted by Crippen LogP contribution is -2.26. The quantitative estimate of drug-likeness (QED) is 0.665. The summed E-state index contributed by atoms with van der Waals surface area (Å²) < 4.78 is 11.9. The maximum atomic E-state index is 12.0. The fourth-order valence-corrected chi connectivity index (χ4v) is 2.84. The molecular formula is C18H16ClNO4. The fourth-order valence-electron chi connectivity index (χ4n) is 2.56. The molecule has 124 valence electrons. The number of halogens is 1. The van der Waals surface area contributed by atoms with Gasteiger partial charge in [-0.25, -0.2) is 9.59 Å². The number of benzene rings is 2. The van der Waals surface area contributed by atoms with E-state index in [1.54, 1.807) is 18.2 Å². The van der Waals surface area contributed by atoms with Crippen molar-refractivity contribution in [2.75, 3.05) is 6.61 Å². The van der Waals surface area contributed by atoms with E-state index in [1.165, 1.54) is 4.57 Å². The van der Waals surface area contributed by atoms with Crippen molar-refractivity contribution in [3.8, 4) is 5.75 Å². The number of para-hydroxylation sites is 2. The highest BCUT2D eigenvalue weighted by Gasteiger charge is 2.12. The summed E-state index contributed by atoms with van der Waals surface area (Å²) in [5.74, 6) is 0.101. The first kappa shape index (κ1) is 16.3. The third kappa shape index (κ3) is 3.21. The van der Waals surface area contributed by atoms with E-state index in [0.29, 0.717) is 35.5 Å². The normalized spacial score (nSPS) is 10.9. The second-order valence-electron chi connectivity index (χ2n) is 5.41. The molecule has 0 atom stereocenters. The third-order valence-corrected chi connectivity index (χ3v) is 4.06. The second kappa shape index (κ2) is 6.93. The van der Waals surface area contributed by atoms with Crippen LogP contribution in [0.3, 0.4) is 0 Å². The molecule has 0 fully saturated rings. The number of ether oxygens (including phenoxy) is 1. The van der Waals surface area contributed by atoms with Gasteiger partial charge in [0.05, 0.1) is 22.5 Å². The van der Waals surface area contributed by atoms with E-state index in [1.807, 2.05) is 31.2 Å². The van der Waals surface area contributed by atoms with Crippen LogP contribution < -0.4 is 16.1 Å². The molecule has 0 saturated heterocycles. The molecule has 0 aliphatic heterocycles. The summed E-state index contributed by atoms with van der Waals surface area (Å²) in [5.41, 5.74) is 0.773. The average Bonchev–Trinajstić information content (AvgIpc) is 2.56. The van der Waals surface area contributed by atoms with E-state index in [-0.39, 0.29) is 0 Å². The molecule has 5 nitrogen and oxygen atoms in total. The van der Waals surface area contributed by atoms with Crippen molar-refractivity contribution in [2.24, 2.45) is 0 Å². The van der Waals surface area contributed by atoms with E-state index in [4.69, 9.17) is 20.8 Å². The molecule has 0 aliphatic rings. The van der Waals surface area contributed by atoms with Gasteiger partial charge < -0.3 is 9.15 Å². The van der Waals surface area contributed by atoms with Crippen LogP contribution in [-0.2, 0) is 6.54 Å². The molecule has 2 aromatic carbocycles. The Balaban J connectivity index is 1.80. The average molecular weight is 346 g/mol. The van der Waals surface area contributed by atoms with Crippen LogP contribution in [0.15, 0.2) is 56.5 Å². The van der Waals surface area contributed by atoms with E-state index < -0.39 is 11.4 Å². The predicted octanol–water partition coefficient (Wildman–Crippen LogP) is 3.39. The largest absolute Gasteiger partial charge is 0.493 e. The molecule has 0 N–H and O–H groups in total. The van der Waals surface area contributed by atoms with Gasteiger partial charge in [-0.15, -0.1) is 0 Å². The van der Waals surface area contributed by atoms with Crippen LogP contribution in [0.4, 0.5) is 0 Å². The minimum atomic E-state index is -0.712. The molecule has 6 heteroatoms. The summed E-state index contributed by atoms with van der Waals surface area (Å²) in [5, 5.41) is 0.638. The van der Waals surface area contributed by atoms with Gasteiger partial charge in [0.2, 0.25) is 0 Å². The van der Waals surface area contributed by atoms with Gasteiger partial charge in [-0.05, 0) is 37.1 Å². The van der Waals surface area contributed by atoms with Crippen LogP contribution in [0.25, 0.3) is 10.9 Å². The summed E-state index contributed by atoms with van der Waals surface area (Å²) >= 11 is 6.16. The molecular weight excluding hydrogens is 330 g/mol. The standard InChI is InChI=1S/C18H16ClNO4/c1-12-6-2-3-9-15(12)23-11-5-10-20-16-13(7-4-8-14(16)19)17(21)24-18(20)22/h2-4,6-9H,5,10-11H2,1H3. The number of aromatic nitrogens is 1. The summed E-state index contributed by atoms with van der Waals surface area (Å²) in [6.45, 7) is 2.75. The van der Waals surface area contributed by atoms with Gasteiger partial charge in [0.1, 0.15) is 5.75 Å². The zero-order valence-corrected chi connectivity index (χ0v) is 13.9. The van der Waals surface area contributed by atoms with E-state index in [0.717, 1.165) is 11.3 Å². The van der Waals surface area contributed by atoms with E-state index >= 15 is 0 Å². The maximum absolute atomic E-state index is 12.0. The van der Waals surface area contributed by atoms with Crippen molar-refractivity contribution in [3.63, 3.8) is 0 Å². The van der Waals surface area contributed by atoms with Crippen molar-refractivity contribution in [1.29, 1.82) is 0 Å². The maximum Gasteiger partial charge on any atom is 0.422 e. The number of rotatable bonds is 5. The molecule has 3 rings (SSSR count). The molecule has 0 bridgehead atoms. The van der Waals surface area contributed by atoms with Crippen LogP contribution in [-0.4, -0.2) is 11.2 Å². The molecule has 0 saturated carbocycles.